The first-order chi connectivity index (χ1) is 13.5. The van der Waals surface area contributed by atoms with E-state index < -0.39 is 24.1 Å². The van der Waals surface area contributed by atoms with Crippen molar-refractivity contribution in [1.29, 1.82) is 0 Å². The number of thiophene rings is 1. The van der Waals surface area contributed by atoms with Crippen LogP contribution in [-0.2, 0) is 20.9 Å². The highest BCUT2D eigenvalue weighted by Gasteiger charge is 2.55. The largest absolute Gasteiger partial charge is 0.458 e. The van der Waals surface area contributed by atoms with Gasteiger partial charge in [0.15, 0.2) is 0 Å². The second kappa shape index (κ2) is 7.38. The van der Waals surface area contributed by atoms with Gasteiger partial charge in [0, 0.05) is 0 Å². The third-order valence-electron chi connectivity index (χ3n) is 5.45. The van der Waals surface area contributed by atoms with Crippen LogP contribution in [0.3, 0.4) is 0 Å². The van der Waals surface area contributed by atoms with Crippen molar-refractivity contribution >= 4 is 29.2 Å². The van der Waals surface area contributed by atoms with E-state index in [9.17, 15) is 14.4 Å². The number of nitrogens with zero attached hydrogens (tertiary/aromatic N) is 2. The molecule has 3 heterocycles. The number of aromatic nitrogens is 1. The summed E-state index contributed by atoms with van der Waals surface area (Å²) in [6, 6.07) is 3.24. The molecule has 1 saturated carbocycles. The molecule has 3 amide bonds. The second-order valence-electron chi connectivity index (χ2n) is 7.22. The van der Waals surface area contributed by atoms with E-state index in [1.807, 2.05) is 24.4 Å². The molecule has 1 aliphatic carbocycles. The minimum Gasteiger partial charge on any atom is -0.458 e. The molecule has 1 spiro atoms. The maximum absolute atomic E-state index is 12.9. The Hall–Kier alpha value is -2.68. The van der Waals surface area contributed by atoms with E-state index in [-0.39, 0.29) is 18.4 Å². The smallest absolute Gasteiger partial charge is 0.326 e. The fourth-order valence-electron chi connectivity index (χ4n) is 3.85. The van der Waals surface area contributed by atoms with Crippen LogP contribution in [0.4, 0.5) is 4.79 Å². The van der Waals surface area contributed by atoms with E-state index in [2.05, 4.69) is 10.3 Å². The van der Waals surface area contributed by atoms with Gasteiger partial charge in [-0.3, -0.25) is 14.5 Å². The SMILES string of the molecule is C[C@@H]1CCCC[C@@]12NC(=O)N(CC(=O)OCc1coc(-c3cccs3)n1)C2=O. The van der Waals surface area contributed by atoms with Crippen molar-refractivity contribution < 1.29 is 23.5 Å². The minimum atomic E-state index is -0.878. The summed E-state index contributed by atoms with van der Waals surface area (Å²) in [7, 11) is 0. The van der Waals surface area contributed by atoms with Gasteiger partial charge >= 0.3 is 12.0 Å². The Morgan fingerprint density at radius 1 is 1.46 bits per heavy atom. The number of amides is 3. The number of oxazole rings is 1. The van der Waals surface area contributed by atoms with Gasteiger partial charge in [0.1, 0.15) is 30.6 Å². The summed E-state index contributed by atoms with van der Waals surface area (Å²) in [5.74, 6) is -0.486. The number of esters is 1. The molecular formula is C19H21N3O5S. The Bertz CT molecular complexity index is 893. The van der Waals surface area contributed by atoms with Crippen LogP contribution in [0.2, 0.25) is 0 Å². The number of imide groups is 1. The number of nitrogens with one attached hydrogen (secondary N) is 1. The maximum atomic E-state index is 12.9. The van der Waals surface area contributed by atoms with Crippen molar-refractivity contribution in [1.82, 2.24) is 15.2 Å². The molecule has 1 aliphatic heterocycles. The van der Waals surface area contributed by atoms with Crippen LogP contribution in [0.25, 0.3) is 10.8 Å². The normalized spacial score (nSPS) is 24.6. The summed E-state index contributed by atoms with van der Waals surface area (Å²) in [6.45, 7) is 1.47. The zero-order valence-corrected chi connectivity index (χ0v) is 16.3. The third-order valence-corrected chi connectivity index (χ3v) is 6.31. The predicted molar refractivity (Wildman–Crippen MR) is 100 cm³/mol. The molecule has 148 valence electrons. The molecular weight excluding hydrogens is 382 g/mol. The summed E-state index contributed by atoms with van der Waals surface area (Å²) in [6.07, 6.45) is 4.83. The average Bonchev–Trinajstić information content (AvgIpc) is 3.40. The lowest BCUT2D eigenvalue weighted by molar-refractivity contribution is -0.149. The van der Waals surface area contributed by atoms with Gasteiger partial charge in [-0.2, -0.15) is 0 Å². The Kier molecular flexibility index (Phi) is 4.92. The first kappa shape index (κ1) is 18.7. The lowest BCUT2D eigenvalue weighted by Crippen LogP contribution is -2.54. The molecule has 28 heavy (non-hydrogen) atoms. The average molecular weight is 403 g/mol. The molecule has 2 aromatic rings. The topological polar surface area (TPSA) is 102 Å². The molecule has 1 saturated heterocycles. The molecule has 9 heteroatoms. The number of hydrogen-bond acceptors (Lipinski definition) is 7. The third kappa shape index (κ3) is 3.30. The van der Waals surface area contributed by atoms with Crippen LogP contribution in [-0.4, -0.2) is 39.9 Å². The van der Waals surface area contributed by atoms with Gasteiger partial charge < -0.3 is 14.5 Å². The summed E-state index contributed by atoms with van der Waals surface area (Å²) < 4.78 is 10.6. The van der Waals surface area contributed by atoms with Gasteiger partial charge in [-0.1, -0.05) is 25.8 Å². The summed E-state index contributed by atoms with van der Waals surface area (Å²) >= 11 is 1.49. The molecule has 0 radical (unpaired) electrons. The quantitative estimate of drug-likeness (QED) is 0.608. The van der Waals surface area contributed by atoms with Gasteiger partial charge in [0.05, 0.1) is 4.88 Å². The van der Waals surface area contributed by atoms with Gasteiger partial charge in [-0.05, 0) is 30.2 Å². The van der Waals surface area contributed by atoms with E-state index in [0.717, 1.165) is 29.0 Å². The van der Waals surface area contributed by atoms with Crippen LogP contribution < -0.4 is 5.32 Å². The van der Waals surface area contributed by atoms with Crippen molar-refractivity contribution in [2.45, 2.75) is 44.8 Å². The molecule has 1 N–H and O–H groups in total. The van der Waals surface area contributed by atoms with Crippen LogP contribution in [0.15, 0.2) is 28.2 Å². The highest BCUT2D eigenvalue weighted by atomic mass is 32.1. The van der Waals surface area contributed by atoms with Gasteiger partial charge in [-0.15, -0.1) is 11.3 Å². The summed E-state index contributed by atoms with van der Waals surface area (Å²) in [5.41, 5.74) is -0.413. The summed E-state index contributed by atoms with van der Waals surface area (Å²) in [5, 5.41) is 4.73. The number of carbonyl (C=O) groups is 3. The van der Waals surface area contributed by atoms with E-state index in [1.165, 1.54) is 17.6 Å². The first-order valence-corrected chi connectivity index (χ1v) is 10.2. The van der Waals surface area contributed by atoms with Crippen LogP contribution in [0.1, 0.15) is 38.3 Å². The van der Waals surface area contributed by atoms with Crippen molar-refractivity contribution in [3.8, 4) is 10.8 Å². The Balaban J connectivity index is 1.35. The van der Waals surface area contributed by atoms with Crippen molar-refractivity contribution in [2.75, 3.05) is 6.54 Å². The fourth-order valence-corrected chi connectivity index (χ4v) is 4.51. The predicted octanol–water partition coefficient (Wildman–Crippen LogP) is 2.95. The molecule has 8 nitrogen and oxygen atoms in total. The van der Waals surface area contributed by atoms with Crippen molar-refractivity contribution in [2.24, 2.45) is 5.92 Å². The number of ether oxygens (including phenoxy) is 1. The molecule has 0 bridgehead atoms. The molecule has 4 rings (SSSR count). The Morgan fingerprint density at radius 3 is 3.07 bits per heavy atom. The lowest BCUT2D eigenvalue weighted by atomic mass is 9.73. The van der Waals surface area contributed by atoms with Crippen LogP contribution in [0, 0.1) is 5.92 Å². The highest BCUT2D eigenvalue weighted by molar-refractivity contribution is 7.13. The molecule has 0 aromatic carbocycles. The molecule has 2 aliphatic rings. The highest BCUT2D eigenvalue weighted by Crippen LogP contribution is 2.38. The number of hydrogen-bond donors (Lipinski definition) is 1. The monoisotopic (exact) mass is 403 g/mol. The zero-order chi connectivity index (χ0) is 19.7. The number of rotatable bonds is 5. The summed E-state index contributed by atoms with van der Waals surface area (Å²) in [4.78, 5) is 43.5. The van der Waals surface area contributed by atoms with Gasteiger partial charge in [0.2, 0.25) is 5.89 Å². The fraction of sp³-hybridized carbons (Fsp3) is 0.474. The van der Waals surface area contributed by atoms with E-state index >= 15 is 0 Å². The van der Waals surface area contributed by atoms with Gasteiger partial charge in [0.25, 0.3) is 5.91 Å². The zero-order valence-electron chi connectivity index (χ0n) is 15.5. The molecule has 2 fully saturated rings. The first-order valence-electron chi connectivity index (χ1n) is 9.27. The van der Waals surface area contributed by atoms with E-state index in [4.69, 9.17) is 9.15 Å². The number of carbonyl (C=O) groups excluding carboxylic acids is 3. The molecule has 2 atom stereocenters. The van der Waals surface area contributed by atoms with E-state index in [0.29, 0.717) is 18.0 Å². The van der Waals surface area contributed by atoms with E-state index in [1.54, 1.807) is 0 Å². The van der Waals surface area contributed by atoms with Crippen LogP contribution in [0.5, 0.6) is 0 Å². The maximum Gasteiger partial charge on any atom is 0.326 e. The van der Waals surface area contributed by atoms with Crippen molar-refractivity contribution in [3.63, 3.8) is 0 Å². The lowest BCUT2D eigenvalue weighted by Gasteiger charge is -2.36. The molecule has 2 aromatic heterocycles. The van der Waals surface area contributed by atoms with Gasteiger partial charge in [-0.25, -0.2) is 9.78 Å². The Morgan fingerprint density at radius 2 is 2.32 bits per heavy atom. The van der Waals surface area contributed by atoms with Crippen molar-refractivity contribution in [3.05, 3.63) is 29.5 Å². The standard InChI is InChI=1S/C19H21N3O5S/c1-12-5-2-3-7-19(12)17(24)22(18(25)21-19)9-15(23)26-10-13-11-27-16(20-13)14-6-4-8-28-14/h4,6,8,11-12H,2-3,5,7,9-10H2,1H3,(H,21,25)/t12-,19-/m1/s1. The van der Waals surface area contributed by atoms with Crippen LogP contribution >= 0.6 is 11.3 Å². The minimum absolute atomic E-state index is 0.0459. The number of urea groups is 1. The molecule has 0 unspecified atom stereocenters. The Labute approximate surface area is 165 Å². The second-order valence-corrected chi connectivity index (χ2v) is 8.17.